The number of hydrogen-bond acceptors (Lipinski definition) is 4. The number of halogens is 1. The Morgan fingerprint density at radius 1 is 1.33 bits per heavy atom. The van der Waals surface area contributed by atoms with Crippen molar-refractivity contribution in [2.45, 2.75) is 26.8 Å². The topological polar surface area (TPSA) is 68.0 Å². The maximum Gasteiger partial charge on any atom is 0.271 e. The van der Waals surface area contributed by atoms with Crippen LogP contribution in [0.2, 0.25) is 0 Å². The number of hydrogen-bond donors (Lipinski definition) is 2. The summed E-state index contributed by atoms with van der Waals surface area (Å²) in [6, 6.07) is 5.89. The van der Waals surface area contributed by atoms with Gasteiger partial charge in [-0.2, -0.15) is 0 Å². The number of aromatic nitrogens is 1. The summed E-state index contributed by atoms with van der Waals surface area (Å²) < 4.78 is 13.1. The maximum atomic E-state index is 13.1. The van der Waals surface area contributed by atoms with Crippen molar-refractivity contribution in [3.63, 3.8) is 0 Å². The third kappa shape index (κ3) is 3.78. The van der Waals surface area contributed by atoms with Crippen molar-refractivity contribution >= 4 is 22.4 Å². The lowest BCUT2D eigenvalue weighted by atomic mass is 9.82. The van der Waals surface area contributed by atoms with Crippen molar-refractivity contribution in [2.24, 2.45) is 5.41 Å². The predicted molar refractivity (Wildman–Crippen MR) is 82.6 cm³/mol. The van der Waals surface area contributed by atoms with E-state index >= 15 is 0 Å². The summed E-state index contributed by atoms with van der Waals surface area (Å²) in [5.74, 6) is -0.586. The van der Waals surface area contributed by atoms with E-state index in [0.717, 1.165) is 5.56 Å². The van der Waals surface area contributed by atoms with Gasteiger partial charge in [0.1, 0.15) is 11.5 Å². The van der Waals surface area contributed by atoms with Crippen LogP contribution in [-0.4, -0.2) is 10.9 Å². The molecule has 0 fully saturated rings. The molecule has 4 nitrogen and oxygen atoms in total. The van der Waals surface area contributed by atoms with Crippen LogP contribution in [0.25, 0.3) is 0 Å². The van der Waals surface area contributed by atoms with Gasteiger partial charge in [-0.1, -0.05) is 32.9 Å². The van der Waals surface area contributed by atoms with Crippen LogP contribution in [0.1, 0.15) is 42.9 Å². The molecule has 0 aliphatic rings. The molecule has 21 heavy (non-hydrogen) atoms. The Balaban J connectivity index is 2.25. The summed E-state index contributed by atoms with van der Waals surface area (Å²) in [6.07, 6.45) is 0. The largest absolute Gasteiger partial charge is 0.375 e. The molecule has 2 rings (SSSR count). The monoisotopic (exact) mass is 307 g/mol. The molecule has 1 unspecified atom stereocenters. The Bertz CT molecular complexity index is 631. The van der Waals surface area contributed by atoms with E-state index in [1.807, 2.05) is 20.8 Å². The van der Waals surface area contributed by atoms with E-state index in [-0.39, 0.29) is 23.2 Å². The molecule has 1 atom stereocenters. The van der Waals surface area contributed by atoms with Gasteiger partial charge in [-0.05, 0) is 23.1 Å². The first kappa shape index (κ1) is 15.4. The van der Waals surface area contributed by atoms with Gasteiger partial charge in [-0.3, -0.25) is 4.79 Å². The Labute approximate surface area is 127 Å². The molecule has 0 spiro atoms. The molecular formula is C15H18FN3OS. The van der Waals surface area contributed by atoms with Crippen LogP contribution < -0.4 is 11.1 Å². The number of nitrogens with zero attached hydrogens (tertiary/aromatic N) is 1. The molecule has 112 valence electrons. The van der Waals surface area contributed by atoms with Gasteiger partial charge in [0.05, 0.1) is 6.04 Å². The third-order valence-corrected chi connectivity index (χ3v) is 3.77. The van der Waals surface area contributed by atoms with Gasteiger partial charge in [0.2, 0.25) is 0 Å². The van der Waals surface area contributed by atoms with Crippen LogP contribution in [0, 0.1) is 11.2 Å². The Hall–Kier alpha value is -1.95. The minimum absolute atomic E-state index is 0.227. The van der Waals surface area contributed by atoms with Crippen molar-refractivity contribution in [3.8, 4) is 0 Å². The SMILES string of the molecule is CC(C)(C)C(NC(=O)c1csc(N)n1)c1ccc(F)cc1. The van der Waals surface area contributed by atoms with Crippen molar-refractivity contribution in [3.05, 3.63) is 46.7 Å². The number of nitrogens with one attached hydrogen (secondary N) is 1. The highest BCUT2D eigenvalue weighted by Crippen LogP contribution is 2.33. The van der Waals surface area contributed by atoms with E-state index in [4.69, 9.17) is 5.73 Å². The first-order valence-electron chi connectivity index (χ1n) is 6.54. The van der Waals surface area contributed by atoms with E-state index < -0.39 is 0 Å². The fraction of sp³-hybridized carbons (Fsp3) is 0.333. The quantitative estimate of drug-likeness (QED) is 0.913. The van der Waals surface area contributed by atoms with Crippen LogP contribution in [0.5, 0.6) is 0 Å². The predicted octanol–water partition coefficient (Wildman–Crippen LogP) is 3.38. The first-order valence-corrected chi connectivity index (χ1v) is 7.42. The van der Waals surface area contributed by atoms with Gasteiger partial charge in [0.25, 0.3) is 5.91 Å². The molecular weight excluding hydrogens is 289 g/mol. The van der Waals surface area contributed by atoms with Crippen LogP contribution in [-0.2, 0) is 0 Å². The zero-order chi connectivity index (χ0) is 15.6. The van der Waals surface area contributed by atoms with Crippen LogP contribution >= 0.6 is 11.3 Å². The number of anilines is 1. The molecule has 0 saturated carbocycles. The fourth-order valence-corrected chi connectivity index (χ4v) is 2.60. The molecule has 1 aromatic heterocycles. The second-order valence-corrected chi connectivity index (χ2v) is 6.78. The summed E-state index contributed by atoms with van der Waals surface area (Å²) in [4.78, 5) is 16.2. The number of benzene rings is 1. The molecule has 1 heterocycles. The van der Waals surface area contributed by atoms with Crippen molar-refractivity contribution < 1.29 is 9.18 Å². The lowest BCUT2D eigenvalue weighted by molar-refractivity contribution is 0.0897. The minimum Gasteiger partial charge on any atom is -0.375 e. The number of rotatable bonds is 3. The van der Waals surface area contributed by atoms with E-state index in [1.54, 1.807) is 17.5 Å². The van der Waals surface area contributed by atoms with E-state index in [2.05, 4.69) is 10.3 Å². The van der Waals surface area contributed by atoms with Gasteiger partial charge in [-0.25, -0.2) is 9.37 Å². The molecule has 3 N–H and O–H groups in total. The Kier molecular flexibility index (Phi) is 4.27. The zero-order valence-electron chi connectivity index (χ0n) is 12.2. The Morgan fingerprint density at radius 2 is 1.95 bits per heavy atom. The molecule has 0 bridgehead atoms. The van der Waals surface area contributed by atoms with Gasteiger partial charge < -0.3 is 11.1 Å². The molecule has 0 aliphatic heterocycles. The highest BCUT2D eigenvalue weighted by atomic mass is 32.1. The number of nitrogen functional groups attached to an aromatic ring is 1. The molecule has 1 aromatic carbocycles. The van der Waals surface area contributed by atoms with Gasteiger partial charge >= 0.3 is 0 Å². The second-order valence-electron chi connectivity index (χ2n) is 5.90. The molecule has 0 saturated heterocycles. The van der Waals surface area contributed by atoms with Gasteiger partial charge in [-0.15, -0.1) is 11.3 Å². The molecule has 6 heteroatoms. The lowest BCUT2D eigenvalue weighted by Gasteiger charge is -2.31. The number of carbonyl (C=O) groups excluding carboxylic acids is 1. The van der Waals surface area contributed by atoms with Crippen molar-refractivity contribution in [1.29, 1.82) is 0 Å². The number of nitrogens with two attached hydrogens (primary N) is 1. The molecule has 1 amide bonds. The smallest absolute Gasteiger partial charge is 0.271 e. The third-order valence-electron chi connectivity index (χ3n) is 3.10. The van der Waals surface area contributed by atoms with Gasteiger partial charge in [0, 0.05) is 5.38 Å². The first-order chi connectivity index (χ1) is 9.77. The number of carbonyl (C=O) groups is 1. The van der Waals surface area contributed by atoms with E-state index in [9.17, 15) is 9.18 Å². The van der Waals surface area contributed by atoms with Crippen molar-refractivity contribution in [2.75, 3.05) is 5.73 Å². The highest BCUT2D eigenvalue weighted by Gasteiger charge is 2.28. The molecule has 0 radical (unpaired) electrons. The summed E-state index contributed by atoms with van der Waals surface area (Å²) in [6.45, 7) is 6.03. The minimum atomic E-state index is -0.301. The van der Waals surface area contributed by atoms with Crippen molar-refractivity contribution in [1.82, 2.24) is 10.3 Å². The lowest BCUT2D eigenvalue weighted by Crippen LogP contribution is -2.36. The van der Waals surface area contributed by atoms with Gasteiger partial charge in [0.15, 0.2) is 5.13 Å². The fourth-order valence-electron chi connectivity index (χ4n) is 2.05. The highest BCUT2D eigenvalue weighted by molar-refractivity contribution is 7.13. The molecule has 0 aliphatic carbocycles. The summed E-state index contributed by atoms with van der Waals surface area (Å²) in [5.41, 5.74) is 6.47. The second kappa shape index (κ2) is 5.81. The van der Waals surface area contributed by atoms with E-state index in [1.165, 1.54) is 23.5 Å². The summed E-state index contributed by atoms with van der Waals surface area (Å²) in [5, 5.41) is 4.93. The standard InChI is InChI=1S/C15H18FN3OS/c1-15(2,3)12(9-4-6-10(16)7-5-9)19-13(20)11-8-21-14(17)18-11/h4-8,12H,1-3H3,(H2,17,18)(H,19,20). The van der Waals surface area contributed by atoms with Crippen LogP contribution in [0.15, 0.2) is 29.6 Å². The molecule has 2 aromatic rings. The van der Waals surface area contributed by atoms with Crippen LogP contribution in [0.4, 0.5) is 9.52 Å². The van der Waals surface area contributed by atoms with Crippen LogP contribution in [0.3, 0.4) is 0 Å². The normalized spacial score (nSPS) is 13.0. The maximum absolute atomic E-state index is 13.1. The zero-order valence-corrected chi connectivity index (χ0v) is 13.0. The summed E-state index contributed by atoms with van der Waals surface area (Å²) >= 11 is 1.22. The average Bonchev–Trinajstić information content (AvgIpc) is 2.82. The average molecular weight is 307 g/mol. The summed E-state index contributed by atoms with van der Waals surface area (Å²) in [7, 11) is 0. The Morgan fingerprint density at radius 3 is 2.43 bits per heavy atom. The number of amides is 1. The van der Waals surface area contributed by atoms with E-state index in [0.29, 0.717) is 10.8 Å². The number of thiazole rings is 1.